The topological polar surface area (TPSA) is 185 Å². The second-order valence-electron chi connectivity index (χ2n) is 4.42. The van der Waals surface area contributed by atoms with Gasteiger partial charge < -0.3 is 5.32 Å². The molecule has 0 heterocycles. The Morgan fingerprint density at radius 2 is 1.39 bits per heavy atom. The Morgan fingerprint density at radius 1 is 1.00 bits per heavy atom. The number of halogens is 1. The van der Waals surface area contributed by atoms with Crippen molar-refractivity contribution in [1.82, 2.24) is 0 Å². The number of rotatable bonds is 7. The van der Waals surface area contributed by atoms with Crippen molar-refractivity contribution in [2.45, 2.75) is 12.6 Å². The molecular weight excluding hydrogens is 325 g/mol. The van der Waals surface area contributed by atoms with E-state index in [1.165, 1.54) is 0 Å². The van der Waals surface area contributed by atoms with Crippen molar-refractivity contribution in [2.24, 2.45) is 0 Å². The Balaban J connectivity index is 3.37. The monoisotopic (exact) mass is 333 g/mol. The maximum absolute atomic E-state index is 13.2. The first-order valence-corrected chi connectivity index (χ1v) is 5.66. The van der Waals surface area contributed by atoms with Crippen molar-refractivity contribution in [3.8, 4) is 0 Å². The minimum Gasteiger partial charge on any atom is -0.361 e. The van der Waals surface area contributed by atoms with Crippen LogP contribution < -0.4 is 5.32 Å². The van der Waals surface area contributed by atoms with Crippen LogP contribution in [0.1, 0.15) is 6.92 Å². The Bertz CT molecular complexity index is 658. The number of nitro benzene ring substituents is 2. The quantitative estimate of drug-likeness (QED) is 0.436. The van der Waals surface area contributed by atoms with E-state index in [4.69, 9.17) is 0 Å². The van der Waals surface area contributed by atoms with Crippen molar-refractivity contribution >= 4 is 17.1 Å². The van der Waals surface area contributed by atoms with E-state index in [-0.39, 0.29) is 0 Å². The van der Waals surface area contributed by atoms with Crippen molar-refractivity contribution in [3.63, 3.8) is 0 Å². The maximum atomic E-state index is 13.2. The predicted octanol–water partition coefficient (Wildman–Crippen LogP) is 1.32. The Kier molecular flexibility index (Phi) is 4.68. The molecule has 23 heavy (non-hydrogen) atoms. The van der Waals surface area contributed by atoms with Gasteiger partial charge in [-0.05, 0) is 0 Å². The maximum Gasteiger partial charge on any atom is 0.472 e. The van der Waals surface area contributed by atoms with Gasteiger partial charge in [0.2, 0.25) is 0 Å². The largest absolute Gasteiger partial charge is 0.472 e. The molecule has 0 radical (unpaired) electrons. The molecule has 0 saturated carbocycles. The summed E-state index contributed by atoms with van der Waals surface area (Å²) in [5, 5.41) is 45.2. The van der Waals surface area contributed by atoms with Crippen molar-refractivity contribution in [3.05, 3.63) is 58.4 Å². The zero-order valence-electron chi connectivity index (χ0n) is 11.3. The number of nitro groups is 4. The van der Waals surface area contributed by atoms with E-state index in [1.54, 1.807) is 0 Å². The van der Waals surface area contributed by atoms with E-state index in [0.717, 1.165) is 0 Å². The fourth-order valence-corrected chi connectivity index (χ4v) is 1.50. The second kappa shape index (κ2) is 6.12. The molecule has 0 bridgehead atoms. The van der Waals surface area contributed by atoms with E-state index < -0.39 is 54.8 Å². The predicted molar refractivity (Wildman–Crippen MR) is 70.6 cm³/mol. The van der Waals surface area contributed by atoms with E-state index >= 15 is 0 Å². The van der Waals surface area contributed by atoms with Gasteiger partial charge in [0.25, 0.3) is 0 Å². The third kappa shape index (κ3) is 3.42. The minimum absolute atomic E-state index is 0.352. The lowest BCUT2D eigenvalue weighted by molar-refractivity contribution is -0.787. The van der Waals surface area contributed by atoms with Crippen LogP contribution >= 0.6 is 0 Å². The summed E-state index contributed by atoms with van der Waals surface area (Å²) in [6.07, 6.45) is 0. The molecule has 14 heteroatoms. The summed E-state index contributed by atoms with van der Waals surface area (Å²) in [6, 6.07) is 0.704. The van der Waals surface area contributed by atoms with Gasteiger partial charge in [0.05, 0.1) is 28.9 Å². The Hall–Kier alpha value is -3.45. The average molecular weight is 333 g/mol. The van der Waals surface area contributed by atoms with Crippen LogP contribution in [0, 0.1) is 46.3 Å². The number of anilines is 1. The van der Waals surface area contributed by atoms with Crippen molar-refractivity contribution in [1.29, 1.82) is 0 Å². The molecule has 0 spiro atoms. The molecule has 124 valence electrons. The number of nitrogens with zero attached hydrogens (tertiary/aromatic N) is 4. The first-order valence-electron chi connectivity index (χ1n) is 5.66. The molecule has 0 amide bonds. The van der Waals surface area contributed by atoms with Crippen LogP contribution in [0.4, 0.5) is 21.5 Å². The Labute approximate surface area is 125 Å². The van der Waals surface area contributed by atoms with Crippen LogP contribution in [0.2, 0.25) is 0 Å². The average Bonchev–Trinajstić information content (AvgIpc) is 2.43. The summed E-state index contributed by atoms with van der Waals surface area (Å²) in [6.45, 7) is -0.485. The van der Waals surface area contributed by atoms with Crippen molar-refractivity contribution in [2.75, 3.05) is 11.9 Å². The number of hydrogen-bond donors (Lipinski definition) is 1. The summed E-state index contributed by atoms with van der Waals surface area (Å²) in [5.41, 5.74) is -5.82. The molecule has 0 atom stereocenters. The third-order valence-electron chi connectivity index (χ3n) is 2.84. The number of hydrogen-bond acceptors (Lipinski definition) is 9. The van der Waals surface area contributed by atoms with Gasteiger partial charge in [0.1, 0.15) is 15.7 Å². The van der Waals surface area contributed by atoms with Crippen LogP contribution in [-0.4, -0.2) is 31.9 Å². The van der Waals surface area contributed by atoms with Gasteiger partial charge in [-0.1, -0.05) is 0 Å². The van der Waals surface area contributed by atoms with Crippen LogP contribution in [0.5, 0.6) is 0 Å². The van der Waals surface area contributed by atoms with Gasteiger partial charge in [-0.3, -0.25) is 40.5 Å². The standard InChI is InChI=1S/C9H8FN5O8/c1-9(14(20)21,15(22)23)4-11-8-6(12(16)17)2-5(10)3-7(8)13(18)19/h2-3,11H,4H2,1H3. The molecule has 1 rings (SSSR count). The lowest BCUT2D eigenvalue weighted by Crippen LogP contribution is -2.49. The normalized spacial score (nSPS) is 10.9. The van der Waals surface area contributed by atoms with Crippen LogP contribution in [0.25, 0.3) is 0 Å². The highest BCUT2D eigenvalue weighted by molar-refractivity contribution is 5.73. The van der Waals surface area contributed by atoms with Gasteiger partial charge in [0.15, 0.2) is 12.2 Å². The molecular formula is C9H8FN5O8. The molecule has 0 aliphatic carbocycles. The molecule has 13 nitrogen and oxygen atoms in total. The summed E-state index contributed by atoms with van der Waals surface area (Å²) in [7, 11) is 0. The number of benzene rings is 1. The summed E-state index contributed by atoms with van der Waals surface area (Å²) in [5.74, 6) is -1.28. The highest BCUT2D eigenvalue weighted by Crippen LogP contribution is 2.35. The smallest absolute Gasteiger partial charge is 0.361 e. The molecule has 0 saturated heterocycles. The van der Waals surface area contributed by atoms with Crippen LogP contribution in [0.3, 0.4) is 0 Å². The fourth-order valence-electron chi connectivity index (χ4n) is 1.50. The summed E-state index contributed by atoms with van der Waals surface area (Å²) < 4.78 is 13.2. The molecule has 0 aliphatic heterocycles. The second-order valence-corrected chi connectivity index (χ2v) is 4.42. The molecule has 1 aromatic carbocycles. The SMILES string of the molecule is CC(CNc1c([N+](=O)[O-])cc(F)cc1[N+](=O)[O-])([N+](=O)[O-])[N+](=O)[O-]. The van der Waals surface area contributed by atoms with Crippen LogP contribution in [0.15, 0.2) is 12.1 Å². The zero-order valence-corrected chi connectivity index (χ0v) is 11.3. The molecule has 1 N–H and O–H groups in total. The van der Waals surface area contributed by atoms with Gasteiger partial charge in [-0.2, -0.15) is 0 Å². The van der Waals surface area contributed by atoms with Gasteiger partial charge >= 0.3 is 17.0 Å². The van der Waals surface area contributed by atoms with E-state index in [0.29, 0.717) is 19.1 Å². The number of nitrogens with one attached hydrogen (secondary N) is 1. The highest BCUT2D eigenvalue weighted by Gasteiger charge is 2.51. The molecule has 1 aromatic rings. The minimum atomic E-state index is -2.80. The highest BCUT2D eigenvalue weighted by atomic mass is 19.1. The fraction of sp³-hybridized carbons (Fsp3) is 0.333. The van der Waals surface area contributed by atoms with Crippen LogP contribution in [-0.2, 0) is 0 Å². The molecule has 0 unspecified atom stereocenters. The van der Waals surface area contributed by atoms with Gasteiger partial charge in [-0.15, -0.1) is 0 Å². The van der Waals surface area contributed by atoms with E-state index in [1.807, 2.05) is 5.32 Å². The van der Waals surface area contributed by atoms with E-state index in [2.05, 4.69) is 0 Å². The first-order chi connectivity index (χ1) is 10.5. The first kappa shape index (κ1) is 17.6. The van der Waals surface area contributed by atoms with E-state index in [9.17, 15) is 44.8 Å². The van der Waals surface area contributed by atoms with Crippen molar-refractivity contribution < 1.29 is 24.1 Å². The lowest BCUT2D eigenvalue weighted by Gasteiger charge is -2.14. The summed E-state index contributed by atoms with van der Waals surface area (Å²) >= 11 is 0. The lowest BCUT2D eigenvalue weighted by atomic mass is 10.2. The molecule has 0 fully saturated rings. The summed E-state index contributed by atoms with van der Waals surface area (Å²) in [4.78, 5) is 38.4. The molecule has 0 aromatic heterocycles. The van der Waals surface area contributed by atoms with Gasteiger partial charge in [0, 0.05) is 0 Å². The third-order valence-corrected chi connectivity index (χ3v) is 2.84. The van der Waals surface area contributed by atoms with Gasteiger partial charge in [-0.25, -0.2) is 4.39 Å². The molecule has 0 aliphatic rings. The Morgan fingerprint density at radius 3 is 1.70 bits per heavy atom. The zero-order chi connectivity index (χ0) is 17.9.